The summed E-state index contributed by atoms with van der Waals surface area (Å²) in [5.41, 5.74) is 2.49. The molecule has 0 atom stereocenters. The molecule has 0 fully saturated rings. The molecule has 0 saturated carbocycles. The smallest absolute Gasteiger partial charge is 0.244 e. The van der Waals surface area contributed by atoms with Gasteiger partial charge in [0.15, 0.2) is 0 Å². The predicted octanol–water partition coefficient (Wildman–Crippen LogP) is 2.04. The summed E-state index contributed by atoms with van der Waals surface area (Å²) in [7, 11) is -0.692. The highest BCUT2D eigenvalue weighted by molar-refractivity contribution is 7.89. The number of hydrogen-bond donors (Lipinski definition) is 1. The number of benzene rings is 2. The molecule has 0 aliphatic carbocycles. The van der Waals surface area contributed by atoms with Crippen LogP contribution in [0.2, 0.25) is 0 Å². The fraction of sp³-hybridized carbons (Fsp3) is 0.333. The number of hydrogen-bond acceptors (Lipinski definition) is 5. The first-order valence-corrected chi connectivity index (χ1v) is 9.58. The van der Waals surface area contributed by atoms with E-state index in [1.54, 1.807) is 12.1 Å². The highest BCUT2D eigenvalue weighted by Gasteiger charge is 2.22. The van der Waals surface area contributed by atoms with E-state index in [-0.39, 0.29) is 10.6 Å². The van der Waals surface area contributed by atoms with Gasteiger partial charge in [0.2, 0.25) is 10.0 Å². The van der Waals surface area contributed by atoms with Crippen LogP contribution >= 0.6 is 0 Å². The lowest BCUT2D eigenvalue weighted by molar-refractivity contribution is 0.386. The second kappa shape index (κ2) is 7.33. The van der Waals surface area contributed by atoms with Crippen molar-refractivity contribution < 1.29 is 17.9 Å². The van der Waals surface area contributed by atoms with Crippen LogP contribution in [0, 0.1) is 0 Å². The quantitative estimate of drug-likeness (QED) is 0.816. The standard InChI is InChI=1S/C18H22N2O4S/c1-23-15-7-8-18(17(13-15)24-2)25(21,22)19-10-12-20-11-9-14-5-3-4-6-16(14)20/h3-8,13,19H,9-12H2,1-2H3. The number of nitrogens with zero attached hydrogens (tertiary/aromatic N) is 1. The van der Waals surface area contributed by atoms with Crippen LogP contribution in [0.1, 0.15) is 5.56 Å². The van der Waals surface area contributed by atoms with Crippen LogP contribution in [0.3, 0.4) is 0 Å². The summed E-state index contributed by atoms with van der Waals surface area (Å²) in [4.78, 5) is 2.31. The first kappa shape index (κ1) is 17.6. The first-order chi connectivity index (χ1) is 12.0. The van der Waals surface area contributed by atoms with Gasteiger partial charge >= 0.3 is 0 Å². The van der Waals surface area contributed by atoms with Crippen LogP contribution < -0.4 is 19.1 Å². The molecule has 1 heterocycles. The maximum Gasteiger partial charge on any atom is 0.244 e. The fourth-order valence-corrected chi connectivity index (χ4v) is 4.20. The molecule has 3 rings (SSSR count). The summed E-state index contributed by atoms with van der Waals surface area (Å²) in [6, 6.07) is 12.9. The average molecular weight is 362 g/mol. The minimum Gasteiger partial charge on any atom is -0.497 e. The van der Waals surface area contributed by atoms with Crippen molar-refractivity contribution in [3.63, 3.8) is 0 Å². The zero-order valence-corrected chi connectivity index (χ0v) is 15.2. The van der Waals surface area contributed by atoms with Crippen molar-refractivity contribution in [2.75, 3.05) is 38.8 Å². The molecule has 134 valence electrons. The van der Waals surface area contributed by atoms with Gasteiger partial charge in [-0.3, -0.25) is 0 Å². The van der Waals surface area contributed by atoms with E-state index in [2.05, 4.69) is 21.8 Å². The number of sulfonamides is 1. The molecule has 2 aromatic rings. The fourth-order valence-electron chi connectivity index (χ4n) is 3.03. The molecule has 1 aliphatic rings. The maximum atomic E-state index is 12.6. The lowest BCUT2D eigenvalue weighted by Gasteiger charge is -2.19. The van der Waals surface area contributed by atoms with Crippen molar-refractivity contribution in [2.45, 2.75) is 11.3 Å². The molecule has 0 amide bonds. The van der Waals surface area contributed by atoms with Gasteiger partial charge in [0, 0.05) is 31.4 Å². The summed E-state index contributed by atoms with van der Waals surface area (Å²) in [6.07, 6.45) is 0.995. The molecular formula is C18H22N2O4S. The molecule has 0 spiro atoms. The minimum atomic E-state index is -3.65. The van der Waals surface area contributed by atoms with Crippen molar-refractivity contribution in [2.24, 2.45) is 0 Å². The second-order valence-electron chi connectivity index (χ2n) is 5.78. The van der Waals surface area contributed by atoms with Crippen molar-refractivity contribution in [1.82, 2.24) is 4.72 Å². The number of ether oxygens (including phenoxy) is 2. The zero-order valence-electron chi connectivity index (χ0n) is 14.4. The molecule has 25 heavy (non-hydrogen) atoms. The van der Waals surface area contributed by atoms with E-state index in [0.29, 0.717) is 18.8 Å². The van der Waals surface area contributed by atoms with E-state index in [1.165, 1.54) is 31.5 Å². The van der Waals surface area contributed by atoms with Crippen LogP contribution in [0.5, 0.6) is 11.5 Å². The Morgan fingerprint density at radius 3 is 2.68 bits per heavy atom. The van der Waals surface area contributed by atoms with Crippen molar-refractivity contribution in [3.8, 4) is 11.5 Å². The Kier molecular flexibility index (Phi) is 5.15. The van der Waals surface area contributed by atoms with Gasteiger partial charge in [-0.1, -0.05) is 18.2 Å². The largest absolute Gasteiger partial charge is 0.497 e. The van der Waals surface area contributed by atoms with Gasteiger partial charge in [0.05, 0.1) is 14.2 Å². The zero-order chi connectivity index (χ0) is 17.9. The molecule has 0 aromatic heterocycles. The Morgan fingerprint density at radius 2 is 1.92 bits per heavy atom. The molecular weight excluding hydrogens is 340 g/mol. The monoisotopic (exact) mass is 362 g/mol. The van der Waals surface area contributed by atoms with E-state index in [1.807, 2.05) is 12.1 Å². The second-order valence-corrected chi connectivity index (χ2v) is 7.52. The molecule has 2 aromatic carbocycles. The van der Waals surface area contributed by atoms with Crippen molar-refractivity contribution in [3.05, 3.63) is 48.0 Å². The van der Waals surface area contributed by atoms with Crippen LogP contribution in [-0.4, -0.2) is 42.3 Å². The van der Waals surface area contributed by atoms with Crippen LogP contribution in [0.15, 0.2) is 47.4 Å². The van der Waals surface area contributed by atoms with Crippen molar-refractivity contribution in [1.29, 1.82) is 0 Å². The minimum absolute atomic E-state index is 0.109. The van der Waals surface area contributed by atoms with E-state index in [9.17, 15) is 8.42 Å². The SMILES string of the molecule is COc1ccc(S(=O)(=O)NCCN2CCc3ccccc32)c(OC)c1. The predicted molar refractivity (Wildman–Crippen MR) is 97.1 cm³/mol. The maximum absolute atomic E-state index is 12.6. The van der Waals surface area contributed by atoms with E-state index >= 15 is 0 Å². The summed E-state index contributed by atoms with van der Waals surface area (Å²) >= 11 is 0. The van der Waals surface area contributed by atoms with Gasteiger partial charge in [-0.15, -0.1) is 0 Å². The van der Waals surface area contributed by atoms with Crippen molar-refractivity contribution >= 4 is 15.7 Å². The Balaban J connectivity index is 1.67. The van der Waals surface area contributed by atoms with Gasteiger partial charge in [0.1, 0.15) is 16.4 Å². The number of rotatable bonds is 7. The summed E-state index contributed by atoms with van der Waals surface area (Å²) in [5.74, 6) is 0.808. The third kappa shape index (κ3) is 3.72. The number of anilines is 1. The van der Waals surface area contributed by atoms with E-state index < -0.39 is 10.0 Å². The van der Waals surface area contributed by atoms with Crippen LogP contribution in [0.4, 0.5) is 5.69 Å². The number of fused-ring (bicyclic) bond motifs is 1. The topological polar surface area (TPSA) is 67.9 Å². The molecule has 1 N–H and O–H groups in total. The molecule has 6 nitrogen and oxygen atoms in total. The Hall–Kier alpha value is -2.25. The number of para-hydroxylation sites is 1. The normalized spacial score (nSPS) is 13.6. The highest BCUT2D eigenvalue weighted by Crippen LogP contribution is 2.29. The lowest BCUT2D eigenvalue weighted by atomic mass is 10.2. The third-order valence-electron chi connectivity index (χ3n) is 4.32. The highest BCUT2D eigenvalue weighted by atomic mass is 32.2. The summed E-state index contributed by atoms with van der Waals surface area (Å²) in [5, 5.41) is 0. The average Bonchev–Trinajstić information content (AvgIpc) is 3.04. The Morgan fingerprint density at radius 1 is 1.12 bits per heavy atom. The Bertz CT molecular complexity index is 852. The van der Waals surface area contributed by atoms with Gasteiger partial charge in [-0.05, 0) is 30.2 Å². The van der Waals surface area contributed by atoms with Gasteiger partial charge < -0.3 is 14.4 Å². The summed E-state index contributed by atoms with van der Waals surface area (Å²) < 4.78 is 38.1. The number of nitrogens with one attached hydrogen (secondary N) is 1. The Labute approximate surface area is 148 Å². The molecule has 7 heteroatoms. The molecule has 0 unspecified atom stereocenters. The van der Waals surface area contributed by atoms with Gasteiger partial charge in [-0.2, -0.15) is 0 Å². The van der Waals surface area contributed by atoms with Gasteiger partial charge in [-0.25, -0.2) is 13.1 Å². The summed E-state index contributed by atoms with van der Waals surface area (Å²) in [6.45, 7) is 1.85. The third-order valence-corrected chi connectivity index (χ3v) is 5.82. The van der Waals surface area contributed by atoms with Crippen LogP contribution in [0.25, 0.3) is 0 Å². The molecule has 0 radical (unpaired) electrons. The number of methoxy groups -OCH3 is 2. The van der Waals surface area contributed by atoms with E-state index in [4.69, 9.17) is 9.47 Å². The first-order valence-electron chi connectivity index (χ1n) is 8.09. The van der Waals surface area contributed by atoms with E-state index in [0.717, 1.165) is 13.0 Å². The molecule has 0 bridgehead atoms. The lowest BCUT2D eigenvalue weighted by Crippen LogP contribution is -2.34. The molecule has 0 saturated heterocycles. The van der Waals surface area contributed by atoms with Crippen LogP contribution in [-0.2, 0) is 16.4 Å². The van der Waals surface area contributed by atoms with Gasteiger partial charge in [0.25, 0.3) is 0 Å². The molecule has 1 aliphatic heterocycles.